The van der Waals surface area contributed by atoms with Crippen molar-refractivity contribution in [1.82, 2.24) is 15.2 Å². The maximum atomic E-state index is 12.1. The smallest absolute Gasteiger partial charge is 0.295 e. The molecule has 1 aromatic heterocycles. The number of benzene rings is 1. The van der Waals surface area contributed by atoms with Gasteiger partial charge in [0.2, 0.25) is 5.82 Å². The molecule has 1 heterocycles. The van der Waals surface area contributed by atoms with Crippen LogP contribution in [0.1, 0.15) is 40.8 Å². The summed E-state index contributed by atoms with van der Waals surface area (Å²) in [5.41, 5.74) is 0.725. The number of hydrogen-bond acceptors (Lipinski definition) is 5. The first-order valence-electron chi connectivity index (χ1n) is 6.53. The van der Waals surface area contributed by atoms with Gasteiger partial charge in [-0.25, -0.2) is 4.98 Å². The number of carbonyl (C=O) groups is 1. The Morgan fingerprint density at radius 2 is 2.24 bits per heavy atom. The van der Waals surface area contributed by atoms with Gasteiger partial charge in [0.25, 0.3) is 11.6 Å². The lowest BCUT2D eigenvalue weighted by atomic mass is 10.2. The van der Waals surface area contributed by atoms with Crippen LogP contribution in [0.5, 0.6) is 0 Å². The first kappa shape index (κ1) is 13.2. The van der Waals surface area contributed by atoms with E-state index in [1.807, 2.05) is 0 Å². The molecule has 0 bridgehead atoms. The standard InChI is InChI=1S/C13H13N5O3/c1-7-2-5-9(10(6-7)18(20)21)14-13(19)12-15-11(16-17-12)8-3-4-8/h2,5-6,8H,3-4H2,1H3,(H,14,19)(H,15,16,17). The summed E-state index contributed by atoms with van der Waals surface area (Å²) in [6, 6.07) is 4.60. The molecule has 1 aromatic carbocycles. The monoisotopic (exact) mass is 287 g/mol. The molecule has 0 aliphatic heterocycles. The summed E-state index contributed by atoms with van der Waals surface area (Å²) in [5, 5.41) is 20.1. The summed E-state index contributed by atoms with van der Waals surface area (Å²) < 4.78 is 0. The van der Waals surface area contributed by atoms with Crippen LogP contribution in [0.2, 0.25) is 0 Å². The van der Waals surface area contributed by atoms with E-state index in [1.165, 1.54) is 12.1 Å². The average Bonchev–Trinajstić information content (AvgIpc) is 3.18. The molecule has 1 fully saturated rings. The molecule has 108 valence electrons. The van der Waals surface area contributed by atoms with Crippen LogP contribution in [0.4, 0.5) is 11.4 Å². The fourth-order valence-corrected chi connectivity index (χ4v) is 1.99. The van der Waals surface area contributed by atoms with E-state index >= 15 is 0 Å². The normalized spacial score (nSPS) is 14.0. The van der Waals surface area contributed by atoms with Crippen LogP contribution in [0, 0.1) is 17.0 Å². The number of hydrogen-bond donors (Lipinski definition) is 2. The lowest BCUT2D eigenvalue weighted by Crippen LogP contribution is -2.15. The van der Waals surface area contributed by atoms with E-state index in [0.717, 1.165) is 18.4 Å². The summed E-state index contributed by atoms with van der Waals surface area (Å²) in [4.78, 5) is 26.6. The molecule has 1 amide bonds. The number of nitrogens with one attached hydrogen (secondary N) is 2. The van der Waals surface area contributed by atoms with Crippen LogP contribution in [0.15, 0.2) is 18.2 Å². The van der Waals surface area contributed by atoms with Crippen molar-refractivity contribution in [2.45, 2.75) is 25.7 Å². The zero-order chi connectivity index (χ0) is 15.0. The van der Waals surface area contributed by atoms with E-state index in [2.05, 4.69) is 20.5 Å². The van der Waals surface area contributed by atoms with E-state index in [4.69, 9.17) is 0 Å². The highest BCUT2D eigenvalue weighted by molar-refractivity contribution is 6.02. The molecular weight excluding hydrogens is 274 g/mol. The lowest BCUT2D eigenvalue weighted by molar-refractivity contribution is -0.384. The molecule has 2 aromatic rings. The number of anilines is 1. The van der Waals surface area contributed by atoms with Crippen molar-refractivity contribution < 1.29 is 9.72 Å². The van der Waals surface area contributed by atoms with Crippen molar-refractivity contribution in [2.24, 2.45) is 0 Å². The molecule has 8 heteroatoms. The van der Waals surface area contributed by atoms with Gasteiger partial charge < -0.3 is 5.32 Å². The Labute approximate surface area is 119 Å². The largest absolute Gasteiger partial charge is 0.313 e. The maximum absolute atomic E-state index is 12.1. The predicted molar refractivity (Wildman–Crippen MR) is 74.1 cm³/mol. The first-order valence-corrected chi connectivity index (χ1v) is 6.53. The highest BCUT2D eigenvalue weighted by Gasteiger charge is 2.28. The summed E-state index contributed by atoms with van der Waals surface area (Å²) >= 11 is 0. The second kappa shape index (κ2) is 4.97. The van der Waals surface area contributed by atoms with Crippen LogP contribution >= 0.6 is 0 Å². The number of nitro groups is 1. The second-order valence-corrected chi connectivity index (χ2v) is 5.05. The van der Waals surface area contributed by atoms with Crippen LogP contribution in [0.25, 0.3) is 0 Å². The number of carbonyl (C=O) groups excluding carboxylic acids is 1. The van der Waals surface area contributed by atoms with E-state index in [9.17, 15) is 14.9 Å². The van der Waals surface area contributed by atoms with Crippen molar-refractivity contribution >= 4 is 17.3 Å². The molecule has 1 aliphatic rings. The minimum atomic E-state index is -0.565. The Hall–Kier alpha value is -2.77. The fourth-order valence-electron chi connectivity index (χ4n) is 1.99. The maximum Gasteiger partial charge on any atom is 0.295 e. The average molecular weight is 287 g/mol. The molecule has 8 nitrogen and oxygen atoms in total. The Bertz CT molecular complexity index is 720. The molecule has 1 saturated carbocycles. The third kappa shape index (κ3) is 2.73. The molecule has 0 radical (unpaired) electrons. The van der Waals surface area contributed by atoms with Gasteiger partial charge in [-0.1, -0.05) is 6.07 Å². The molecule has 2 N–H and O–H groups in total. The molecule has 3 rings (SSSR count). The molecule has 0 unspecified atom stereocenters. The number of aromatic amines is 1. The lowest BCUT2D eigenvalue weighted by Gasteiger charge is -2.04. The minimum Gasteiger partial charge on any atom is -0.313 e. The summed E-state index contributed by atoms with van der Waals surface area (Å²) in [7, 11) is 0. The van der Waals surface area contributed by atoms with E-state index in [0.29, 0.717) is 11.7 Å². The van der Waals surface area contributed by atoms with Gasteiger partial charge in [0.1, 0.15) is 11.5 Å². The van der Waals surface area contributed by atoms with Gasteiger partial charge in [-0.2, -0.15) is 0 Å². The molecule has 1 aliphatic carbocycles. The first-order chi connectivity index (χ1) is 10.0. The molecular formula is C13H13N5O3. The highest BCUT2D eigenvalue weighted by atomic mass is 16.6. The number of nitro benzene ring substituents is 1. The number of nitrogens with zero attached hydrogens (tertiary/aromatic N) is 3. The molecule has 0 saturated heterocycles. The van der Waals surface area contributed by atoms with Crippen molar-refractivity contribution in [3.05, 3.63) is 45.5 Å². The topological polar surface area (TPSA) is 114 Å². The van der Waals surface area contributed by atoms with Crippen LogP contribution in [0.3, 0.4) is 0 Å². The number of aryl methyl sites for hydroxylation is 1. The van der Waals surface area contributed by atoms with Gasteiger partial charge in [-0.3, -0.25) is 20.0 Å². The third-order valence-electron chi connectivity index (χ3n) is 3.27. The van der Waals surface area contributed by atoms with E-state index in [-0.39, 0.29) is 17.2 Å². The Balaban J connectivity index is 1.81. The Morgan fingerprint density at radius 1 is 1.48 bits per heavy atom. The van der Waals surface area contributed by atoms with Crippen molar-refractivity contribution in [1.29, 1.82) is 0 Å². The van der Waals surface area contributed by atoms with Crippen molar-refractivity contribution in [3.8, 4) is 0 Å². The molecule has 21 heavy (non-hydrogen) atoms. The van der Waals surface area contributed by atoms with Crippen molar-refractivity contribution in [3.63, 3.8) is 0 Å². The second-order valence-electron chi connectivity index (χ2n) is 5.05. The summed E-state index contributed by atoms with van der Waals surface area (Å²) in [6.07, 6.45) is 2.08. The van der Waals surface area contributed by atoms with Gasteiger partial charge in [0, 0.05) is 12.0 Å². The highest BCUT2D eigenvalue weighted by Crippen LogP contribution is 2.37. The minimum absolute atomic E-state index is 0.00762. The van der Waals surface area contributed by atoms with Gasteiger partial charge in [0.15, 0.2) is 0 Å². The SMILES string of the molecule is Cc1ccc(NC(=O)c2n[nH]c(C3CC3)n2)c([N+](=O)[O-])c1. The zero-order valence-corrected chi connectivity index (χ0v) is 11.3. The quantitative estimate of drug-likeness (QED) is 0.660. The van der Waals surface area contributed by atoms with E-state index in [1.54, 1.807) is 13.0 Å². The summed E-state index contributed by atoms with van der Waals surface area (Å²) in [6.45, 7) is 1.75. The fraction of sp³-hybridized carbons (Fsp3) is 0.308. The van der Waals surface area contributed by atoms with Crippen LogP contribution in [-0.2, 0) is 0 Å². The summed E-state index contributed by atoms with van der Waals surface area (Å²) in [5.74, 6) is 0.475. The van der Waals surface area contributed by atoms with E-state index < -0.39 is 10.8 Å². The number of amides is 1. The van der Waals surface area contributed by atoms with Crippen LogP contribution < -0.4 is 5.32 Å². The zero-order valence-electron chi connectivity index (χ0n) is 11.3. The van der Waals surface area contributed by atoms with Gasteiger partial charge in [-0.15, -0.1) is 5.10 Å². The molecule has 0 spiro atoms. The third-order valence-corrected chi connectivity index (χ3v) is 3.27. The van der Waals surface area contributed by atoms with Crippen LogP contribution in [-0.4, -0.2) is 26.0 Å². The Morgan fingerprint density at radius 3 is 2.90 bits per heavy atom. The number of aromatic nitrogens is 3. The Kier molecular flexibility index (Phi) is 3.13. The van der Waals surface area contributed by atoms with Gasteiger partial charge >= 0.3 is 0 Å². The van der Waals surface area contributed by atoms with Gasteiger partial charge in [0.05, 0.1) is 4.92 Å². The van der Waals surface area contributed by atoms with Crippen molar-refractivity contribution in [2.75, 3.05) is 5.32 Å². The van der Waals surface area contributed by atoms with Gasteiger partial charge in [-0.05, 0) is 31.4 Å². The predicted octanol–water partition coefficient (Wildman–Crippen LogP) is 2.15. The molecule has 0 atom stereocenters. The number of H-pyrrole nitrogens is 1. The number of rotatable bonds is 4.